The summed E-state index contributed by atoms with van der Waals surface area (Å²) in [5.41, 5.74) is 6.48. The van der Waals surface area contributed by atoms with Crippen molar-refractivity contribution < 1.29 is 14.6 Å². The Hall–Kier alpha value is -1.55. The van der Waals surface area contributed by atoms with Crippen molar-refractivity contribution in [1.82, 2.24) is 0 Å². The molecule has 172 valence electrons. The highest BCUT2D eigenvalue weighted by atomic mass is 16.5. The average molecular weight is 420 g/mol. The maximum atomic E-state index is 10.8. The molecule has 1 rings (SSSR count). The average Bonchev–Trinajstić information content (AvgIpc) is 2.74. The van der Waals surface area contributed by atoms with Crippen LogP contribution in [0.3, 0.4) is 0 Å². The minimum atomic E-state index is -0.969. The van der Waals surface area contributed by atoms with Gasteiger partial charge in [-0.3, -0.25) is 4.79 Å². The van der Waals surface area contributed by atoms with Gasteiger partial charge < -0.3 is 15.6 Å². The second kappa shape index (κ2) is 18.2. The first-order chi connectivity index (χ1) is 14.6. The van der Waals surface area contributed by atoms with Crippen molar-refractivity contribution >= 4 is 5.97 Å². The molecule has 0 fully saturated rings. The molecule has 0 heterocycles. The molecular weight excluding hydrogens is 374 g/mol. The first-order valence-electron chi connectivity index (χ1n) is 12.3. The van der Waals surface area contributed by atoms with Gasteiger partial charge in [-0.05, 0) is 30.5 Å². The second-order valence-corrected chi connectivity index (χ2v) is 8.59. The molecule has 0 spiro atoms. The number of nitrogens with two attached hydrogens (primary N) is 1. The number of carboxylic acid groups (broad SMARTS) is 1. The summed E-state index contributed by atoms with van der Waals surface area (Å²) >= 11 is 0. The number of carbonyl (C=O) groups is 1. The second-order valence-electron chi connectivity index (χ2n) is 8.59. The molecule has 4 nitrogen and oxygen atoms in total. The van der Waals surface area contributed by atoms with Gasteiger partial charge in [-0.15, -0.1) is 0 Å². The molecule has 30 heavy (non-hydrogen) atoms. The monoisotopic (exact) mass is 419 g/mol. The Labute approximate surface area is 184 Å². The zero-order valence-electron chi connectivity index (χ0n) is 19.2. The van der Waals surface area contributed by atoms with Crippen LogP contribution < -0.4 is 10.5 Å². The lowest BCUT2D eigenvalue weighted by Crippen LogP contribution is -2.32. The van der Waals surface area contributed by atoms with E-state index in [2.05, 4.69) is 6.92 Å². The molecule has 1 unspecified atom stereocenters. The van der Waals surface area contributed by atoms with Crippen molar-refractivity contribution in [3.05, 3.63) is 29.8 Å². The van der Waals surface area contributed by atoms with Gasteiger partial charge >= 0.3 is 5.97 Å². The maximum Gasteiger partial charge on any atom is 0.320 e. The van der Waals surface area contributed by atoms with Crippen molar-refractivity contribution in [3.8, 4) is 5.75 Å². The maximum absolute atomic E-state index is 10.8. The zero-order valence-corrected chi connectivity index (χ0v) is 19.2. The molecule has 0 aliphatic rings. The number of hydrogen-bond donors (Lipinski definition) is 2. The Bertz CT molecular complexity index is 530. The van der Waals surface area contributed by atoms with Crippen LogP contribution in [0.4, 0.5) is 0 Å². The fourth-order valence-corrected chi connectivity index (χ4v) is 3.73. The first kappa shape index (κ1) is 26.5. The van der Waals surface area contributed by atoms with Crippen LogP contribution in [-0.2, 0) is 11.2 Å². The summed E-state index contributed by atoms with van der Waals surface area (Å²) in [4.78, 5) is 10.8. The fourth-order valence-electron chi connectivity index (χ4n) is 3.73. The number of ether oxygens (including phenoxy) is 1. The van der Waals surface area contributed by atoms with Gasteiger partial charge in [0.2, 0.25) is 0 Å². The highest BCUT2D eigenvalue weighted by Crippen LogP contribution is 2.15. The number of carboxylic acids is 1. The molecule has 0 aromatic heterocycles. The van der Waals surface area contributed by atoms with Crippen LogP contribution in [-0.4, -0.2) is 23.7 Å². The third kappa shape index (κ3) is 14.4. The summed E-state index contributed by atoms with van der Waals surface area (Å²) in [6.07, 6.45) is 20.8. The molecule has 0 aliphatic carbocycles. The number of hydrogen-bond acceptors (Lipinski definition) is 3. The number of benzene rings is 1. The SMILES string of the molecule is CCCCCCCCCCCCCCCCCOc1ccc(CC(N)C(=O)O)cc1. The Kier molecular flexibility index (Phi) is 16.1. The molecule has 3 N–H and O–H groups in total. The van der Waals surface area contributed by atoms with Crippen molar-refractivity contribution in [3.63, 3.8) is 0 Å². The molecule has 0 saturated heterocycles. The van der Waals surface area contributed by atoms with E-state index in [1.807, 2.05) is 24.3 Å². The van der Waals surface area contributed by atoms with E-state index in [-0.39, 0.29) is 0 Å². The highest BCUT2D eigenvalue weighted by molar-refractivity contribution is 5.73. The van der Waals surface area contributed by atoms with Crippen LogP contribution in [0.5, 0.6) is 5.75 Å². The van der Waals surface area contributed by atoms with Crippen molar-refractivity contribution in [2.45, 2.75) is 116 Å². The van der Waals surface area contributed by atoms with Crippen molar-refractivity contribution in [2.24, 2.45) is 5.73 Å². The van der Waals surface area contributed by atoms with Gasteiger partial charge in [0.15, 0.2) is 0 Å². The third-order valence-electron chi connectivity index (χ3n) is 5.71. The quantitative estimate of drug-likeness (QED) is 0.226. The molecule has 4 heteroatoms. The van der Waals surface area contributed by atoms with Crippen LogP contribution in [0.15, 0.2) is 24.3 Å². The topological polar surface area (TPSA) is 72.5 Å². The van der Waals surface area contributed by atoms with E-state index in [1.54, 1.807) is 0 Å². The molecular formula is C26H45NO3. The molecule has 1 atom stereocenters. The summed E-state index contributed by atoms with van der Waals surface area (Å²) in [6.45, 7) is 3.02. The standard InChI is InChI=1S/C26H45NO3/c1-2-3-4-5-6-7-8-9-10-11-12-13-14-15-16-21-30-24-19-17-23(18-20-24)22-25(27)26(28)29/h17-20,25H,2-16,21-22,27H2,1H3,(H,28,29). The van der Waals surface area contributed by atoms with Gasteiger partial charge in [0.05, 0.1) is 6.61 Å². The molecule has 1 aromatic rings. The Morgan fingerprint density at radius 1 is 0.800 bits per heavy atom. The number of unbranched alkanes of at least 4 members (excludes halogenated alkanes) is 14. The van der Waals surface area contributed by atoms with Crippen LogP contribution in [0.2, 0.25) is 0 Å². The molecule has 1 aromatic carbocycles. The van der Waals surface area contributed by atoms with E-state index < -0.39 is 12.0 Å². The zero-order chi connectivity index (χ0) is 21.9. The van der Waals surface area contributed by atoms with E-state index in [0.29, 0.717) is 6.42 Å². The minimum Gasteiger partial charge on any atom is -0.494 e. The van der Waals surface area contributed by atoms with E-state index >= 15 is 0 Å². The van der Waals surface area contributed by atoms with E-state index in [1.165, 1.54) is 89.9 Å². The van der Waals surface area contributed by atoms with Gasteiger partial charge in [0, 0.05) is 0 Å². The van der Waals surface area contributed by atoms with Crippen molar-refractivity contribution in [2.75, 3.05) is 6.61 Å². The predicted octanol–water partition coefficient (Wildman–Crippen LogP) is 6.89. The molecule has 0 aliphatic heterocycles. The van der Waals surface area contributed by atoms with Gasteiger partial charge in [-0.1, -0.05) is 109 Å². The lowest BCUT2D eigenvalue weighted by molar-refractivity contribution is -0.138. The Balaban J connectivity index is 1.88. The van der Waals surface area contributed by atoms with E-state index in [0.717, 1.165) is 24.3 Å². The number of aliphatic carboxylic acids is 1. The lowest BCUT2D eigenvalue weighted by Gasteiger charge is -2.09. The summed E-state index contributed by atoms with van der Waals surface area (Å²) < 4.78 is 5.78. The van der Waals surface area contributed by atoms with Gasteiger partial charge in [-0.25, -0.2) is 0 Å². The normalized spacial score (nSPS) is 12.1. The van der Waals surface area contributed by atoms with Crippen LogP contribution in [0.1, 0.15) is 109 Å². The van der Waals surface area contributed by atoms with Crippen LogP contribution in [0.25, 0.3) is 0 Å². The van der Waals surface area contributed by atoms with E-state index in [9.17, 15) is 4.79 Å². The Morgan fingerprint density at radius 3 is 1.67 bits per heavy atom. The molecule has 0 bridgehead atoms. The highest BCUT2D eigenvalue weighted by Gasteiger charge is 2.11. The van der Waals surface area contributed by atoms with E-state index in [4.69, 9.17) is 15.6 Å². The molecule has 0 radical (unpaired) electrons. The fraction of sp³-hybridized carbons (Fsp3) is 0.731. The summed E-state index contributed by atoms with van der Waals surface area (Å²) in [7, 11) is 0. The van der Waals surface area contributed by atoms with Crippen LogP contribution >= 0.6 is 0 Å². The summed E-state index contributed by atoms with van der Waals surface area (Å²) in [5.74, 6) is -0.128. The first-order valence-corrected chi connectivity index (χ1v) is 12.3. The summed E-state index contributed by atoms with van der Waals surface area (Å²) in [5, 5.41) is 8.86. The molecule has 0 amide bonds. The smallest absolute Gasteiger partial charge is 0.320 e. The lowest BCUT2D eigenvalue weighted by atomic mass is 10.0. The van der Waals surface area contributed by atoms with Crippen molar-refractivity contribution in [1.29, 1.82) is 0 Å². The largest absolute Gasteiger partial charge is 0.494 e. The van der Waals surface area contributed by atoms with Gasteiger partial charge in [0.25, 0.3) is 0 Å². The third-order valence-corrected chi connectivity index (χ3v) is 5.71. The molecule has 0 saturated carbocycles. The Morgan fingerprint density at radius 2 is 1.23 bits per heavy atom. The number of rotatable bonds is 20. The van der Waals surface area contributed by atoms with Gasteiger partial charge in [-0.2, -0.15) is 0 Å². The summed E-state index contributed by atoms with van der Waals surface area (Å²) in [6, 6.07) is 6.73. The van der Waals surface area contributed by atoms with Crippen LogP contribution in [0, 0.1) is 0 Å². The minimum absolute atomic E-state index is 0.342. The van der Waals surface area contributed by atoms with Gasteiger partial charge in [0.1, 0.15) is 11.8 Å². The predicted molar refractivity (Wildman–Crippen MR) is 126 cm³/mol.